The molecule has 0 N–H and O–H groups in total. The number of unbranched alkanes of at least 4 members (excludes halogenated alkanes) is 2. The van der Waals surface area contributed by atoms with Gasteiger partial charge in [0.25, 0.3) is 0 Å². The Balaban J connectivity index is 2.38. The van der Waals surface area contributed by atoms with Crippen LogP contribution in [0.2, 0.25) is 0 Å². The number of hydrogen-bond acceptors (Lipinski definition) is 3. The van der Waals surface area contributed by atoms with Gasteiger partial charge >= 0.3 is 0 Å². The lowest BCUT2D eigenvalue weighted by atomic mass is 10.2. The van der Waals surface area contributed by atoms with E-state index in [1.165, 1.54) is 0 Å². The van der Waals surface area contributed by atoms with Crippen LogP contribution in [-0.2, 0) is 6.54 Å². The monoisotopic (exact) mass is 174 g/mol. The van der Waals surface area contributed by atoms with Crippen LogP contribution in [0.15, 0.2) is 12.4 Å². The highest BCUT2D eigenvalue weighted by Gasteiger charge is 1.99. The van der Waals surface area contributed by atoms with Crippen LogP contribution in [0.1, 0.15) is 25.1 Å². The Morgan fingerprint density at radius 1 is 1.38 bits per heavy atom. The number of rotatable bonds is 4. The molecule has 1 aromatic rings. The van der Waals surface area contributed by atoms with Crippen molar-refractivity contribution in [2.45, 2.75) is 25.8 Å². The van der Waals surface area contributed by atoms with Gasteiger partial charge in [-0.25, -0.2) is 4.98 Å². The molecule has 0 aliphatic heterocycles. The second kappa shape index (κ2) is 4.95. The number of aromatic nitrogens is 2. The highest BCUT2D eigenvalue weighted by atomic mass is 15.1. The number of imidazole rings is 1. The minimum Gasteiger partial charge on any atom is -0.323 e. The standard InChI is InChI=1S/C9H10N4/c10-4-2-1-3-6-13-7-5-12-9(13)8-11/h5,7H,1-3,6H2. The van der Waals surface area contributed by atoms with Crippen molar-refractivity contribution >= 4 is 0 Å². The lowest BCUT2D eigenvalue weighted by molar-refractivity contribution is 0.610. The molecule has 0 saturated carbocycles. The summed E-state index contributed by atoms with van der Waals surface area (Å²) >= 11 is 0. The molecule has 1 aromatic heterocycles. The molecule has 0 atom stereocenters. The van der Waals surface area contributed by atoms with Gasteiger partial charge in [-0.2, -0.15) is 10.5 Å². The van der Waals surface area contributed by atoms with Crippen LogP contribution in [0.4, 0.5) is 0 Å². The fourth-order valence-electron chi connectivity index (χ4n) is 1.09. The summed E-state index contributed by atoms with van der Waals surface area (Å²) in [5, 5.41) is 16.9. The molecule has 4 heteroatoms. The van der Waals surface area contributed by atoms with Gasteiger partial charge in [0.05, 0.1) is 6.07 Å². The van der Waals surface area contributed by atoms with Crippen molar-refractivity contribution in [2.75, 3.05) is 0 Å². The molecule has 0 fully saturated rings. The summed E-state index contributed by atoms with van der Waals surface area (Å²) in [6, 6.07) is 4.09. The molecule has 66 valence electrons. The molecular formula is C9H10N4. The van der Waals surface area contributed by atoms with E-state index in [4.69, 9.17) is 10.5 Å². The maximum Gasteiger partial charge on any atom is 0.212 e. The summed E-state index contributed by atoms with van der Waals surface area (Å²) in [4.78, 5) is 3.87. The van der Waals surface area contributed by atoms with Crippen LogP contribution in [-0.4, -0.2) is 9.55 Å². The van der Waals surface area contributed by atoms with Crippen molar-refractivity contribution in [3.8, 4) is 12.1 Å². The molecule has 0 saturated heterocycles. The first kappa shape index (κ1) is 9.28. The van der Waals surface area contributed by atoms with Crippen LogP contribution in [0.5, 0.6) is 0 Å². The third-order valence-corrected chi connectivity index (χ3v) is 1.75. The summed E-state index contributed by atoms with van der Waals surface area (Å²) in [5.41, 5.74) is 0. The SMILES string of the molecule is N#CCCCCn1ccnc1C#N. The molecule has 0 aliphatic carbocycles. The van der Waals surface area contributed by atoms with Crippen molar-refractivity contribution in [1.82, 2.24) is 9.55 Å². The molecular weight excluding hydrogens is 164 g/mol. The number of hydrogen-bond donors (Lipinski definition) is 0. The van der Waals surface area contributed by atoms with Gasteiger partial charge in [0.15, 0.2) is 0 Å². The molecule has 0 unspecified atom stereocenters. The zero-order chi connectivity index (χ0) is 9.52. The van der Waals surface area contributed by atoms with Crippen molar-refractivity contribution in [2.24, 2.45) is 0 Å². The Morgan fingerprint density at radius 2 is 2.23 bits per heavy atom. The largest absolute Gasteiger partial charge is 0.323 e. The molecule has 1 rings (SSSR count). The van der Waals surface area contributed by atoms with Crippen LogP contribution >= 0.6 is 0 Å². The Bertz CT molecular complexity index is 339. The van der Waals surface area contributed by atoms with Crippen molar-refractivity contribution in [1.29, 1.82) is 10.5 Å². The highest BCUT2D eigenvalue weighted by molar-refractivity contribution is 5.10. The maximum absolute atomic E-state index is 8.62. The zero-order valence-corrected chi connectivity index (χ0v) is 7.27. The Morgan fingerprint density at radius 3 is 2.92 bits per heavy atom. The summed E-state index contributed by atoms with van der Waals surface area (Å²) in [5.74, 6) is 0.442. The number of aryl methyl sites for hydroxylation is 1. The van der Waals surface area contributed by atoms with Gasteiger partial charge < -0.3 is 4.57 Å². The van der Waals surface area contributed by atoms with Gasteiger partial charge in [-0.05, 0) is 12.8 Å². The van der Waals surface area contributed by atoms with E-state index in [1.807, 2.05) is 6.07 Å². The molecule has 13 heavy (non-hydrogen) atoms. The molecule has 0 bridgehead atoms. The van der Waals surface area contributed by atoms with Crippen LogP contribution in [0.3, 0.4) is 0 Å². The quantitative estimate of drug-likeness (QED) is 0.649. The average Bonchev–Trinajstić information content (AvgIpc) is 2.60. The molecule has 0 aliphatic rings. The normalized spacial score (nSPS) is 9.08. The third kappa shape index (κ3) is 2.61. The Labute approximate surface area is 77.0 Å². The second-order valence-electron chi connectivity index (χ2n) is 2.67. The van der Waals surface area contributed by atoms with Gasteiger partial charge in [-0.3, -0.25) is 0 Å². The van der Waals surface area contributed by atoms with Gasteiger partial charge in [0.1, 0.15) is 6.07 Å². The van der Waals surface area contributed by atoms with Gasteiger partial charge in [-0.15, -0.1) is 0 Å². The summed E-state index contributed by atoms with van der Waals surface area (Å²) in [7, 11) is 0. The van der Waals surface area contributed by atoms with Crippen molar-refractivity contribution in [3.63, 3.8) is 0 Å². The predicted molar refractivity (Wildman–Crippen MR) is 46.4 cm³/mol. The molecule has 1 heterocycles. The third-order valence-electron chi connectivity index (χ3n) is 1.75. The van der Waals surface area contributed by atoms with Crippen molar-refractivity contribution in [3.05, 3.63) is 18.2 Å². The van der Waals surface area contributed by atoms with Crippen LogP contribution in [0, 0.1) is 22.7 Å². The molecule has 0 aromatic carbocycles. The Hall–Kier alpha value is -1.81. The fraction of sp³-hybridized carbons (Fsp3) is 0.444. The van der Waals surface area contributed by atoms with Crippen LogP contribution < -0.4 is 0 Å². The summed E-state index contributed by atoms with van der Waals surface area (Å²) in [6.07, 6.45) is 5.77. The lowest BCUT2D eigenvalue weighted by Gasteiger charge is -2.00. The van der Waals surface area contributed by atoms with E-state index in [0.29, 0.717) is 12.2 Å². The van der Waals surface area contributed by atoms with E-state index < -0.39 is 0 Å². The van der Waals surface area contributed by atoms with Gasteiger partial charge in [0.2, 0.25) is 5.82 Å². The fourth-order valence-corrected chi connectivity index (χ4v) is 1.09. The Kier molecular flexibility index (Phi) is 3.53. The molecule has 0 spiro atoms. The van der Waals surface area contributed by atoms with E-state index >= 15 is 0 Å². The van der Waals surface area contributed by atoms with E-state index in [0.717, 1.165) is 19.4 Å². The van der Waals surface area contributed by atoms with E-state index in [2.05, 4.69) is 11.1 Å². The summed E-state index contributed by atoms with van der Waals surface area (Å²) < 4.78 is 1.80. The summed E-state index contributed by atoms with van der Waals surface area (Å²) in [6.45, 7) is 0.768. The predicted octanol–water partition coefficient (Wildman–Crippen LogP) is 1.45. The number of nitriles is 2. The minimum atomic E-state index is 0.442. The minimum absolute atomic E-state index is 0.442. The second-order valence-corrected chi connectivity index (χ2v) is 2.67. The first-order valence-corrected chi connectivity index (χ1v) is 4.16. The van der Waals surface area contributed by atoms with E-state index in [9.17, 15) is 0 Å². The van der Waals surface area contributed by atoms with E-state index in [-0.39, 0.29) is 0 Å². The first-order chi connectivity index (χ1) is 6.38. The molecule has 4 nitrogen and oxygen atoms in total. The van der Waals surface area contributed by atoms with Gasteiger partial charge in [-0.1, -0.05) is 0 Å². The number of nitrogens with zero attached hydrogens (tertiary/aromatic N) is 4. The smallest absolute Gasteiger partial charge is 0.212 e. The first-order valence-electron chi connectivity index (χ1n) is 4.16. The maximum atomic E-state index is 8.62. The molecule has 0 amide bonds. The average molecular weight is 174 g/mol. The van der Waals surface area contributed by atoms with Crippen LogP contribution in [0.25, 0.3) is 0 Å². The van der Waals surface area contributed by atoms with Gasteiger partial charge in [0, 0.05) is 25.4 Å². The topological polar surface area (TPSA) is 65.4 Å². The van der Waals surface area contributed by atoms with Crippen molar-refractivity contribution < 1.29 is 0 Å². The lowest BCUT2D eigenvalue weighted by Crippen LogP contribution is -1.99. The molecule has 0 radical (unpaired) electrons. The highest BCUT2D eigenvalue weighted by Crippen LogP contribution is 2.01. The van der Waals surface area contributed by atoms with E-state index in [1.54, 1.807) is 17.0 Å². The zero-order valence-electron chi connectivity index (χ0n) is 7.27.